The molecule has 2 rings (SSSR count). The van der Waals surface area contributed by atoms with Crippen LogP contribution < -0.4 is 5.32 Å². The molecule has 1 atom stereocenters. The van der Waals surface area contributed by atoms with Crippen LogP contribution >= 0.6 is 0 Å². The molecule has 0 unspecified atom stereocenters. The average Bonchev–Trinajstić information content (AvgIpc) is 3.26. The molecule has 0 bridgehead atoms. The van der Waals surface area contributed by atoms with Gasteiger partial charge in [-0.25, -0.2) is 0 Å². The third-order valence-corrected chi connectivity index (χ3v) is 4.28. The molecule has 1 N–H and O–H groups in total. The maximum Gasteiger partial charge on any atom is 0.257 e. The first-order valence-electron chi connectivity index (χ1n) is 8.82. The van der Waals surface area contributed by atoms with Gasteiger partial charge in [0.25, 0.3) is 5.91 Å². The smallest absolute Gasteiger partial charge is 0.257 e. The van der Waals surface area contributed by atoms with E-state index >= 15 is 0 Å². The van der Waals surface area contributed by atoms with Gasteiger partial charge in [0.2, 0.25) is 5.91 Å². The zero-order chi connectivity index (χ0) is 18.1. The Labute approximate surface area is 148 Å². The second kappa shape index (κ2) is 10.2. The van der Waals surface area contributed by atoms with Crippen LogP contribution in [0.25, 0.3) is 0 Å². The Morgan fingerprint density at radius 1 is 1.44 bits per heavy atom. The lowest BCUT2D eigenvalue weighted by Crippen LogP contribution is -2.40. The third-order valence-electron chi connectivity index (χ3n) is 4.28. The van der Waals surface area contributed by atoms with Crippen LogP contribution in [0.4, 0.5) is 0 Å². The van der Waals surface area contributed by atoms with Crippen LogP contribution in [-0.4, -0.2) is 62.8 Å². The molecule has 0 aliphatic carbocycles. The lowest BCUT2D eigenvalue weighted by molar-refractivity contribution is -0.121. The zero-order valence-electron chi connectivity index (χ0n) is 15.1. The highest BCUT2D eigenvalue weighted by atomic mass is 16.5. The molecule has 7 heteroatoms. The summed E-state index contributed by atoms with van der Waals surface area (Å²) in [5.41, 5.74) is 0.540. The van der Waals surface area contributed by atoms with Crippen LogP contribution in [0.3, 0.4) is 0 Å². The summed E-state index contributed by atoms with van der Waals surface area (Å²) in [5.74, 6) is 0.408. The van der Waals surface area contributed by atoms with E-state index in [9.17, 15) is 9.59 Å². The highest BCUT2D eigenvalue weighted by Gasteiger charge is 2.25. The lowest BCUT2D eigenvalue weighted by Gasteiger charge is -2.25. The maximum absolute atomic E-state index is 12.8. The first kappa shape index (κ1) is 19.5. The van der Waals surface area contributed by atoms with E-state index in [1.807, 2.05) is 0 Å². The minimum Gasteiger partial charge on any atom is -0.469 e. The Kier molecular flexibility index (Phi) is 7.94. The SMILES string of the molecule is COCCCNC(=O)CCN(C[C@@H]1CCCO1)C(=O)c1ccoc1C. The molecule has 1 aromatic heterocycles. The van der Waals surface area contributed by atoms with Crippen LogP contribution in [0.1, 0.15) is 41.8 Å². The first-order valence-corrected chi connectivity index (χ1v) is 8.82. The van der Waals surface area contributed by atoms with Crippen LogP contribution in [0.2, 0.25) is 0 Å². The number of nitrogens with zero attached hydrogens (tertiary/aromatic N) is 1. The molecule has 1 fully saturated rings. The molecule has 0 aromatic carbocycles. The van der Waals surface area contributed by atoms with Crippen molar-refractivity contribution in [2.75, 3.05) is 40.0 Å². The Hall–Kier alpha value is -1.86. The number of rotatable bonds is 10. The molecule has 1 aromatic rings. The van der Waals surface area contributed by atoms with Crippen molar-refractivity contribution >= 4 is 11.8 Å². The fourth-order valence-corrected chi connectivity index (χ4v) is 2.86. The number of hydrogen-bond donors (Lipinski definition) is 1. The van der Waals surface area contributed by atoms with Crippen molar-refractivity contribution in [1.29, 1.82) is 0 Å². The number of furan rings is 1. The first-order chi connectivity index (χ1) is 12.1. The predicted octanol–water partition coefficient (Wildman–Crippen LogP) is 1.75. The summed E-state index contributed by atoms with van der Waals surface area (Å²) in [5, 5.41) is 2.84. The summed E-state index contributed by atoms with van der Waals surface area (Å²) in [6, 6.07) is 1.67. The number of aryl methyl sites for hydroxylation is 1. The van der Waals surface area contributed by atoms with Gasteiger partial charge in [-0.2, -0.15) is 0 Å². The minimum atomic E-state index is -0.117. The monoisotopic (exact) mass is 352 g/mol. The third kappa shape index (κ3) is 6.17. The molecule has 7 nitrogen and oxygen atoms in total. The summed E-state index contributed by atoms with van der Waals surface area (Å²) in [7, 11) is 1.63. The zero-order valence-corrected chi connectivity index (χ0v) is 15.1. The molecule has 1 aliphatic heterocycles. The number of nitrogens with one attached hydrogen (secondary N) is 1. The standard InChI is InChI=1S/C18H28N2O5/c1-14-16(7-12-24-14)18(22)20(13-15-5-3-11-25-15)9-6-17(21)19-8-4-10-23-2/h7,12,15H,3-6,8-11,13H2,1-2H3,(H,19,21)/t15-/m0/s1. The lowest BCUT2D eigenvalue weighted by atomic mass is 10.1. The highest BCUT2D eigenvalue weighted by molar-refractivity contribution is 5.95. The Morgan fingerprint density at radius 2 is 2.28 bits per heavy atom. The van der Waals surface area contributed by atoms with Crippen molar-refractivity contribution in [3.63, 3.8) is 0 Å². The molecule has 1 aliphatic rings. The Bertz CT molecular complexity index is 551. The van der Waals surface area contributed by atoms with Crippen molar-refractivity contribution in [2.45, 2.75) is 38.7 Å². The molecule has 140 valence electrons. The number of hydrogen-bond acceptors (Lipinski definition) is 5. The second-order valence-electron chi connectivity index (χ2n) is 6.22. The molecule has 0 radical (unpaired) electrons. The summed E-state index contributed by atoms with van der Waals surface area (Å²) >= 11 is 0. The van der Waals surface area contributed by atoms with Gasteiger partial charge in [0, 0.05) is 46.4 Å². The fraction of sp³-hybridized carbons (Fsp3) is 0.667. The maximum atomic E-state index is 12.8. The second-order valence-corrected chi connectivity index (χ2v) is 6.22. The number of amides is 2. The van der Waals surface area contributed by atoms with E-state index in [1.165, 1.54) is 6.26 Å². The van der Waals surface area contributed by atoms with Crippen molar-refractivity contribution < 1.29 is 23.5 Å². The molecule has 1 saturated heterocycles. The number of methoxy groups -OCH3 is 1. The van der Waals surface area contributed by atoms with Gasteiger partial charge in [0.1, 0.15) is 5.76 Å². The van der Waals surface area contributed by atoms with Gasteiger partial charge in [-0.15, -0.1) is 0 Å². The van der Waals surface area contributed by atoms with E-state index < -0.39 is 0 Å². The van der Waals surface area contributed by atoms with Gasteiger partial charge < -0.3 is 24.1 Å². The van der Waals surface area contributed by atoms with E-state index in [-0.39, 0.29) is 24.3 Å². The summed E-state index contributed by atoms with van der Waals surface area (Å²) in [4.78, 5) is 26.5. The van der Waals surface area contributed by atoms with Gasteiger partial charge in [-0.05, 0) is 32.3 Å². The van der Waals surface area contributed by atoms with E-state index in [1.54, 1.807) is 25.0 Å². The summed E-state index contributed by atoms with van der Waals surface area (Å²) < 4.78 is 15.8. The van der Waals surface area contributed by atoms with E-state index in [4.69, 9.17) is 13.9 Å². The van der Waals surface area contributed by atoms with Crippen molar-refractivity contribution in [3.05, 3.63) is 23.7 Å². The fourth-order valence-electron chi connectivity index (χ4n) is 2.86. The van der Waals surface area contributed by atoms with Crippen LogP contribution in [0.5, 0.6) is 0 Å². The number of ether oxygens (including phenoxy) is 2. The largest absolute Gasteiger partial charge is 0.469 e. The quantitative estimate of drug-likeness (QED) is 0.649. The molecular weight excluding hydrogens is 324 g/mol. The number of carbonyl (C=O) groups is 2. The number of carbonyl (C=O) groups excluding carboxylic acids is 2. The van der Waals surface area contributed by atoms with Crippen molar-refractivity contribution in [2.24, 2.45) is 0 Å². The van der Waals surface area contributed by atoms with Crippen molar-refractivity contribution in [3.8, 4) is 0 Å². The average molecular weight is 352 g/mol. The van der Waals surface area contributed by atoms with Crippen LogP contribution in [-0.2, 0) is 14.3 Å². The minimum absolute atomic E-state index is 0.0425. The topological polar surface area (TPSA) is 81.0 Å². The normalized spacial score (nSPS) is 16.8. The van der Waals surface area contributed by atoms with Gasteiger partial charge in [-0.1, -0.05) is 0 Å². The van der Waals surface area contributed by atoms with Gasteiger partial charge in [0.15, 0.2) is 0 Å². The van der Waals surface area contributed by atoms with E-state index in [2.05, 4.69) is 5.32 Å². The van der Waals surface area contributed by atoms with Crippen LogP contribution in [0.15, 0.2) is 16.7 Å². The predicted molar refractivity (Wildman–Crippen MR) is 92.4 cm³/mol. The molecule has 25 heavy (non-hydrogen) atoms. The Balaban J connectivity index is 1.89. The molecule has 2 heterocycles. The summed E-state index contributed by atoms with van der Waals surface area (Å²) in [6.07, 6.45) is 4.54. The molecule has 0 saturated carbocycles. The van der Waals surface area contributed by atoms with Gasteiger partial charge in [0.05, 0.1) is 17.9 Å². The highest BCUT2D eigenvalue weighted by Crippen LogP contribution is 2.17. The Morgan fingerprint density at radius 3 is 2.92 bits per heavy atom. The van der Waals surface area contributed by atoms with E-state index in [0.717, 1.165) is 25.9 Å². The molecule has 2 amide bonds. The van der Waals surface area contributed by atoms with Crippen molar-refractivity contribution in [1.82, 2.24) is 10.2 Å². The molecule has 0 spiro atoms. The van der Waals surface area contributed by atoms with Crippen LogP contribution in [0, 0.1) is 6.92 Å². The van der Waals surface area contributed by atoms with Gasteiger partial charge >= 0.3 is 0 Å². The molecular formula is C18H28N2O5. The van der Waals surface area contributed by atoms with E-state index in [0.29, 0.717) is 37.6 Å². The summed E-state index contributed by atoms with van der Waals surface area (Å²) in [6.45, 7) is 4.55. The van der Waals surface area contributed by atoms with Gasteiger partial charge in [-0.3, -0.25) is 9.59 Å².